The van der Waals surface area contributed by atoms with Crippen molar-refractivity contribution < 1.29 is 4.39 Å². The second kappa shape index (κ2) is 5.16. The minimum Gasteiger partial charge on any atom is -0.316 e. The Morgan fingerprint density at radius 1 is 1.33 bits per heavy atom. The first-order chi connectivity index (χ1) is 8.72. The molecule has 1 aromatic rings. The largest absolute Gasteiger partial charge is 0.316 e. The summed E-state index contributed by atoms with van der Waals surface area (Å²) in [5.74, 6) is 1.37. The molecule has 2 fully saturated rings. The van der Waals surface area contributed by atoms with Gasteiger partial charge in [-0.3, -0.25) is 4.90 Å². The van der Waals surface area contributed by atoms with Gasteiger partial charge in [0.25, 0.3) is 0 Å². The molecule has 2 saturated heterocycles. The third-order valence-corrected chi connectivity index (χ3v) is 4.55. The Morgan fingerprint density at radius 3 is 3.00 bits per heavy atom. The molecule has 2 atom stereocenters. The first-order valence-corrected chi connectivity index (χ1v) is 6.97. The Bertz CT molecular complexity index is 438. The minimum absolute atomic E-state index is 0.262. The minimum atomic E-state index is -0.262. The summed E-state index contributed by atoms with van der Waals surface area (Å²) in [6.45, 7) is 5.40. The van der Waals surface area contributed by atoms with Crippen LogP contribution in [-0.4, -0.2) is 31.1 Å². The average molecular weight is 269 g/mol. The van der Waals surface area contributed by atoms with Crippen molar-refractivity contribution in [3.05, 3.63) is 34.6 Å². The molecule has 2 heterocycles. The van der Waals surface area contributed by atoms with Crippen molar-refractivity contribution in [2.75, 3.05) is 26.2 Å². The smallest absolute Gasteiger partial charge is 0.124 e. The lowest BCUT2D eigenvalue weighted by Crippen LogP contribution is -2.39. The van der Waals surface area contributed by atoms with Crippen LogP contribution in [0, 0.1) is 17.7 Å². The summed E-state index contributed by atoms with van der Waals surface area (Å²) in [6.07, 6.45) is 1.26. The first-order valence-electron chi connectivity index (χ1n) is 6.59. The molecule has 1 N–H and O–H groups in total. The van der Waals surface area contributed by atoms with Crippen LogP contribution in [0.25, 0.3) is 0 Å². The summed E-state index contributed by atoms with van der Waals surface area (Å²) in [5.41, 5.74) is 1.03. The van der Waals surface area contributed by atoms with Gasteiger partial charge in [-0.2, -0.15) is 0 Å². The first kappa shape index (κ1) is 12.4. The second-order valence-electron chi connectivity index (χ2n) is 5.44. The fourth-order valence-corrected chi connectivity index (χ4v) is 3.37. The number of fused-ring (bicyclic) bond motifs is 1. The summed E-state index contributed by atoms with van der Waals surface area (Å²) in [7, 11) is 0. The predicted octanol–water partition coefficient (Wildman–Crippen LogP) is 2.52. The van der Waals surface area contributed by atoms with Gasteiger partial charge in [-0.1, -0.05) is 17.7 Å². The van der Waals surface area contributed by atoms with Crippen molar-refractivity contribution in [2.45, 2.75) is 13.0 Å². The zero-order chi connectivity index (χ0) is 12.5. The normalized spacial score (nSPS) is 28.3. The lowest BCUT2D eigenvalue weighted by molar-refractivity contribution is 0.142. The Labute approximate surface area is 112 Å². The van der Waals surface area contributed by atoms with Gasteiger partial charge in [-0.25, -0.2) is 4.39 Å². The van der Waals surface area contributed by atoms with Gasteiger partial charge in [0.2, 0.25) is 0 Å². The lowest BCUT2D eigenvalue weighted by atomic mass is 9.88. The molecule has 2 unspecified atom stereocenters. The second-order valence-corrected chi connectivity index (χ2v) is 5.85. The predicted molar refractivity (Wildman–Crippen MR) is 71.2 cm³/mol. The third-order valence-electron chi connectivity index (χ3n) is 4.20. The summed E-state index contributed by atoms with van der Waals surface area (Å²) in [5, 5.41) is 4.01. The van der Waals surface area contributed by atoms with Crippen molar-refractivity contribution in [1.82, 2.24) is 10.2 Å². The Balaban J connectivity index is 1.66. The molecule has 4 heteroatoms. The Kier molecular flexibility index (Phi) is 3.55. The summed E-state index contributed by atoms with van der Waals surface area (Å²) < 4.78 is 13.0. The summed E-state index contributed by atoms with van der Waals surface area (Å²) >= 11 is 6.08. The molecule has 2 aliphatic heterocycles. The fraction of sp³-hybridized carbons (Fsp3) is 0.571. The standard InChI is InChI=1S/C14H18ClFN2/c15-14-5-13(16)2-1-11(14)8-18-4-3-10-6-17-7-12(10)9-18/h1-2,5,10,12,17H,3-4,6-9H2. The SMILES string of the molecule is Fc1ccc(CN2CCC3CNCC3C2)c(Cl)c1. The maximum absolute atomic E-state index is 13.0. The number of piperidine rings is 1. The summed E-state index contributed by atoms with van der Waals surface area (Å²) in [4.78, 5) is 2.44. The molecule has 0 aromatic heterocycles. The molecule has 0 aliphatic carbocycles. The molecule has 1 aromatic carbocycles. The van der Waals surface area contributed by atoms with Crippen molar-refractivity contribution in [2.24, 2.45) is 11.8 Å². The molecule has 0 radical (unpaired) electrons. The monoisotopic (exact) mass is 268 g/mol. The average Bonchev–Trinajstić information content (AvgIpc) is 2.80. The number of halogens is 2. The zero-order valence-electron chi connectivity index (χ0n) is 10.3. The third kappa shape index (κ3) is 2.53. The van der Waals surface area contributed by atoms with Gasteiger partial charge in [0, 0.05) is 18.1 Å². The van der Waals surface area contributed by atoms with Gasteiger partial charge in [-0.15, -0.1) is 0 Å². The van der Waals surface area contributed by atoms with Crippen molar-refractivity contribution >= 4 is 11.6 Å². The lowest BCUT2D eigenvalue weighted by Gasteiger charge is -2.34. The van der Waals surface area contributed by atoms with Crippen molar-refractivity contribution in [1.29, 1.82) is 0 Å². The van der Waals surface area contributed by atoms with E-state index in [1.165, 1.54) is 25.1 Å². The van der Waals surface area contributed by atoms with E-state index in [0.717, 1.165) is 43.6 Å². The Hall–Kier alpha value is -0.640. The van der Waals surface area contributed by atoms with Crippen LogP contribution in [-0.2, 0) is 6.54 Å². The number of rotatable bonds is 2. The van der Waals surface area contributed by atoms with Gasteiger partial charge >= 0.3 is 0 Å². The molecule has 0 amide bonds. The maximum Gasteiger partial charge on any atom is 0.124 e. The number of nitrogens with zero attached hydrogens (tertiary/aromatic N) is 1. The molecule has 0 spiro atoms. The van der Waals surface area contributed by atoms with Crippen LogP contribution < -0.4 is 5.32 Å². The number of hydrogen-bond donors (Lipinski definition) is 1. The van der Waals surface area contributed by atoms with Crippen molar-refractivity contribution in [3.63, 3.8) is 0 Å². The van der Waals surface area contributed by atoms with Crippen LogP contribution in [0.5, 0.6) is 0 Å². The fourth-order valence-electron chi connectivity index (χ4n) is 3.14. The molecule has 0 bridgehead atoms. The highest BCUT2D eigenvalue weighted by molar-refractivity contribution is 6.31. The molecule has 3 rings (SSSR count). The van der Waals surface area contributed by atoms with E-state index in [0.29, 0.717) is 5.02 Å². The molecule has 0 saturated carbocycles. The van der Waals surface area contributed by atoms with Gasteiger partial charge in [0.05, 0.1) is 0 Å². The van der Waals surface area contributed by atoms with Crippen molar-refractivity contribution in [3.8, 4) is 0 Å². The van der Waals surface area contributed by atoms with E-state index in [4.69, 9.17) is 11.6 Å². The molecule has 98 valence electrons. The quantitative estimate of drug-likeness (QED) is 0.887. The van der Waals surface area contributed by atoms with E-state index in [1.54, 1.807) is 6.07 Å². The molecular weight excluding hydrogens is 251 g/mol. The van der Waals surface area contributed by atoms with E-state index in [2.05, 4.69) is 10.2 Å². The topological polar surface area (TPSA) is 15.3 Å². The van der Waals surface area contributed by atoms with E-state index in [9.17, 15) is 4.39 Å². The van der Waals surface area contributed by atoms with Crippen LogP contribution in [0.1, 0.15) is 12.0 Å². The van der Waals surface area contributed by atoms with Crippen LogP contribution in [0.2, 0.25) is 5.02 Å². The van der Waals surface area contributed by atoms with Crippen LogP contribution in [0.15, 0.2) is 18.2 Å². The number of nitrogens with one attached hydrogen (secondary N) is 1. The number of benzene rings is 1. The van der Waals surface area contributed by atoms with Gasteiger partial charge < -0.3 is 5.32 Å². The molecular formula is C14H18ClFN2. The van der Waals surface area contributed by atoms with Gasteiger partial charge in [0.15, 0.2) is 0 Å². The molecule has 18 heavy (non-hydrogen) atoms. The van der Waals surface area contributed by atoms with E-state index in [-0.39, 0.29) is 5.82 Å². The van der Waals surface area contributed by atoms with E-state index in [1.807, 2.05) is 0 Å². The van der Waals surface area contributed by atoms with Crippen LogP contribution in [0.3, 0.4) is 0 Å². The van der Waals surface area contributed by atoms with Crippen LogP contribution in [0.4, 0.5) is 4.39 Å². The number of likely N-dealkylation sites (tertiary alicyclic amines) is 1. The highest BCUT2D eigenvalue weighted by Crippen LogP contribution is 2.28. The summed E-state index contributed by atoms with van der Waals surface area (Å²) in [6, 6.07) is 4.70. The van der Waals surface area contributed by atoms with Crippen LogP contribution >= 0.6 is 11.6 Å². The van der Waals surface area contributed by atoms with E-state index >= 15 is 0 Å². The zero-order valence-corrected chi connectivity index (χ0v) is 11.1. The van der Waals surface area contributed by atoms with Gasteiger partial charge in [0.1, 0.15) is 5.82 Å². The maximum atomic E-state index is 13.0. The highest BCUT2D eigenvalue weighted by atomic mass is 35.5. The van der Waals surface area contributed by atoms with Gasteiger partial charge in [-0.05, 0) is 55.6 Å². The highest BCUT2D eigenvalue weighted by Gasteiger charge is 2.32. The molecule has 2 nitrogen and oxygen atoms in total. The molecule has 2 aliphatic rings. The Morgan fingerprint density at radius 2 is 2.17 bits per heavy atom. The van der Waals surface area contributed by atoms with E-state index < -0.39 is 0 Å². The number of hydrogen-bond acceptors (Lipinski definition) is 2.